The first kappa shape index (κ1) is 10.6. The van der Waals surface area contributed by atoms with Gasteiger partial charge in [-0.05, 0) is 12.3 Å². The zero-order valence-corrected chi connectivity index (χ0v) is 8.27. The van der Waals surface area contributed by atoms with Crippen molar-refractivity contribution in [1.82, 2.24) is 20.6 Å². The fraction of sp³-hybridized carbons (Fsp3) is 0.750. The third-order valence-electron chi connectivity index (χ3n) is 1.92. The average Bonchev–Trinajstić information content (AvgIpc) is 2.54. The molecular weight excluding hydrogens is 184 g/mol. The van der Waals surface area contributed by atoms with E-state index in [1.54, 1.807) is 0 Å². The third kappa shape index (κ3) is 3.12. The summed E-state index contributed by atoms with van der Waals surface area (Å²) in [5.74, 6) is -0.419. The highest BCUT2D eigenvalue weighted by molar-refractivity contribution is 5.70. The molecule has 1 rings (SSSR count). The average molecular weight is 198 g/mol. The van der Waals surface area contributed by atoms with Crippen molar-refractivity contribution in [3.05, 3.63) is 5.82 Å². The predicted octanol–water partition coefficient (Wildman–Crippen LogP) is 0.489. The zero-order valence-electron chi connectivity index (χ0n) is 8.27. The van der Waals surface area contributed by atoms with Crippen LogP contribution in [0.15, 0.2) is 0 Å². The van der Waals surface area contributed by atoms with E-state index in [1.807, 2.05) is 13.8 Å². The van der Waals surface area contributed by atoms with Gasteiger partial charge in [0.2, 0.25) is 0 Å². The quantitative estimate of drug-likeness (QED) is 0.718. The molecule has 0 aliphatic carbocycles. The van der Waals surface area contributed by atoms with Gasteiger partial charge < -0.3 is 5.11 Å². The van der Waals surface area contributed by atoms with Crippen LogP contribution in [-0.4, -0.2) is 31.7 Å². The van der Waals surface area contributed by atoms with E-state index >= 15 is 0 Å². The number of aromatic nitrogens is 4. The Morgan fingerprint density at radius 1 is 1.57 bits per heavy atom. The van der Waals surface area contributed by atoms with Crippen LogP contribution in [0.5, 0.6) is 0 Å². The van der Waals surface area contributed by atoms with Crippen molar-refractivity contribution in [2.75, 3.05) is 0 Å². The van der Waals surface area contributed by atoms with Crippen LogP contribution in [-0.2, 0) is 11.2 Å². The normalized spacial score (nSPS) is 13.1. The standard InChI is InChI=1S/C8H14N4O2/c1-5(2)3-6(8(13)14)4-7-9-11-12-10-7/h5-6H,3-4H2,1-2H3,(H,13,14)(H,9,10,11,12)/t6-/m0/s1. The number of tetrazole rings is 1. The number of rotatable bonds is 5. The molecule has 0 amide bonds. The number of nitrogens with zero attached hydrogens (tertiary/aromatic N) is 3. The molecule has 0 aliphatic rings. The van der Waals surface area contributed by atoms with Gasteiger partial charge in [-0.25, -0.2) is 0 Å². The zero-order chi connectivity index (χ0) is 10.6. The number of carboxylic acids is 1. The molecule has 0 spiro atoms. The first-order chi connectivity index (χ1) is 6.59. The molecule has 0 aliphatic heterocycles. The van der Waals surface area contributed by atoms with Crippen molar-refractivity contribution in [3.8, 4) is 0 Å². The van der Waals surface area contributed by atoms with Crippen LogP contribution in [0.25, 0.3) is 0 Å². The highest BCUT2D eigenvalue weighted by Gasteiger charge is 2.21. The number of aliphatic carboxylic acids is 1. The van der Waals surface area contributed by atoms with Crippen molar-refractivity contribution < 1.29 is 9.90 Å². The van der Waals surface area contributed by atoms with E-state index in [-0.39, 0.29) is 0 Å². The summed E-state index contributed by atoms with van der Waals surface area (Å²) >= 11 is 0. The summed E-state index contributed by atoms with van der Waals surface area (Å²) in [5.41, 5.74) is 0. The van der Waals surface area contributed by atoms with Crippen LogP contribution in [0.4, 0.5) is 0 Å². The lowest BCUT2D eigenvalue weighted by atomic mass is 9.94. The highest BCUT2D eigenvalue weighted by atomic mass is 16.4. The Kier molecular flexibility index (Phi) is 3.55. The number of carbonyl (C=O) groups is 1. The fourth-order valence-corrected chi connectivity index (χ4v) is 1.33. The molecule has 0 radical (unpaired) electrons. The van der Waals surface area contributed by atoms with E-state index in [4.69, 9.17) is 5.11 Å². The van der Waals surface area contributed by atoms with Crippen LogP contribution in [0.3, 0.4) is 0 Å². The SMILES string of the molecule is CC(C)C[C@@H](Cc1nn[nH]n1)C(=O)O. The van der Waals surface area contributed by atoms with Gasteiger partial charge in [0.25, 0.3) is 0 Å². The molecule has 0 saturated heterocycles. The number of hydrogen-bond acceptors (Lipinski definition) is 4. The molecular formula is C8H14N4O2. The van der Waals surface area contributed by atoms with Crippen LogP contribution < -0.4 is 0 Å². The number of carboxylic acid groups (broad SMARTS) is 1. The molecule has 0 bridgehead atoms. The number of hydrogen-bond donors (Lipinski definition) is 2. The van der Waals surface area contributed by atoms with E-state index in [2.05, 4.69) is 20.6 Å². The Morgan fingerprint density at radius 3 is 2.71 bits per heavy atom. The third-order valence-corrected chi connectivity index (χ3v) is 1.92. The summed E-state index contributed by atoms with van der Waals surface area (Å²) < 4.78 is 0. The van der Waals surface area contributed by atoms with Gasteiger partial charge in [0.1, 0.15) is 0 Å². The first-order valence-corrected chi connectivity index (χ1v) is 4.54. The van der Waals surface area contributed by atoms with Gasteiger partial charge in [0.05, 0.1) is 5.92 Å². The molecule has 14 heavy (non-hydrogen) atoms. The second kappa shape index (κ2) is 4.69. The molecule has 6 heteroatoms. The molecule has 0 unspecified atom stereocenters. The van der Waals surface area contributed by atoms with Gasteiger partial charge in [-0.3, -0.25) is 4.79 Å². The van der Waals surface area contributed by atoms with Crippen molar-refractivity contribution in [2.45, 2.75) is 26.7 Å². The van der Waals surface area contributed by atoms with Gasteiger partial charge in [-0.2, -0.15) is 5.21 Å². The first-order valence-electron chi connectivity index (χ1n) is 4.54. The van der Waals surface area contributed by atoms with Gasteiger partial charge in [0, 0.05) is 6.42 Å². The molecule has 6 nitrogen and oxygen atoms in total. The molecule has 2 N–H and O–H groups in total. The number of H-pyrrole nitrogens is 1. The summed E-state index contributed by atoms with van der Waals surface area (Å²) in [5, 5.41) is 22.1. The summed E-state index contributed by atoms with van der Waals surface area (Å²) in [6.45, 7) is 3.98. The van der Waals surface area contributed by atoms with Gasteiger partial charge in [-0.15, -0.1) is 10.2 Å². The maximum Gasteiger partial charge on any atom is 0.306 e. The molecule has 78 valence electrons. The van der Waals surface area contributed by atoms with Crippen LogP contribution >= 0.6 is 0 Å². The molecule has 1 aromatic heterocycles. The van der Waals surface area contributed by atoms with Crippen molar-refractivity contribution in [3.63, 3.8) is 0 Å². The predicted molar refractivity (Wildman–Crippen MR) is 48.5 cm³/mol. The van der Waals surface area contributed by atoms with Crippen LogP contribution in [0.1, 0.15) is 26.1 Å². The van der Waals surface area contributed by atoms with Crippen LogP contribution in [0.2, 0.25) is 0 Å². The topological polar surface area (TPSA) is 91.8 Å². The van der Waals surface area contributed by atoms with E-state index in [9.17, 15) is 4.79 Å². The molecule has 0 aromatic carbocycles. The van der Waals surface area contributed by atoms with Gasteiger partial charge in [-0.1, -0.05) is 19.1 Å². The van der Waals surface area contributed by atoms with E-state index in [1.165, 1.54) is 0 Å². The van der Waals surface area contributed by atoms with Gasteiger partial charge >= 0.3 is 5.97 Å². The van der Waals surface area contributed by atoms with E-state index < -0.39 is 11.9 Å². The highest BCUT2D eigenvalue weighted by Crippen LogP contribution is 2.15. The smallest absolute Gasteiger partial charge is 0.306 e. The summed E-state index contributed by atoms with van der Waals surface area (Å²) in [6.07, 6.45) is 0.966. The van der Waals surface area contributed by atoms with Crippen molar-refractivity contribution >= 4 is 5.97 Å². The van der Waals surface area contributed by atoms with Gasteiger partial charge in [0.15, 0.2) is 5.82 Å². The maximum atomic E-state index is 10.9. The minimum Gasteiger partial charge on any atom is -0.481 e. The maximum absolute atomic E-state index is 10.9. The Balaban J connectivity index is 2.56. The molecule has 0 saturated carbocycles. The largest absolute Gasteiger partial charge is 0.481 e. The summed E-state index contributed by atoms with van der Waals surface area (Å²) in [4.78, 5) is 10.9. The minimum absolute atomic E-state index is 0.337. The molecule has 1 heterocycles. The van der Waals surface area contributed by atoms with E-state index in [0.717, 1.165) is 0 Å². The lowest BCUT2D eigenvalue weighted by Crippen LogP contribution is -2.19. The monoisotopic (exact) mass is 198 g/mol. The van der Waals surface area contributed by atoms with Crippen molar-refractivity contribution in [2.24, 2.45) is 11.8 Å². The molecule has 1 aromatic rings. The second-order valence-corrected chi connectivity index (χ2v) is 3.70. The lowest BCUT2D eigenvalue weighted by Gasteiger charge is -2.11. The number of aromatic amines is 1. The summed E-state index contributed by atoms with van der Waals surface area (Å²) in [7, 11) is 0. The Morgan fingerprint density at radius 2 is 2.29 bits per heavy atom. The minimum atomic E-state index is -0.802. The number of nitrogens with one attached hydrogen (secondary N) is 1. The molecule has 0 fully saturated rings. The Hall–Kier alpha value is -1.46. The second-order valence-electron chi connectivity index (χ2n) is 3.70. The lowest BCUT2D eigenvalue weighted by molar-refractivity contribution is -0.142. The van der Waals surface area contributed by atoms with Crippen molar-refractivity contribution in [1.29, 1.82) is 0 Å². The Bertz CT molecular complexity index is 284. The van der Waals surface area contributed by atoms with E-state index in [0.29, 0.717) is 24.6 Å². The molecule has 1 atom stereocenters. The fourth-order valence-electron chi connectivity index (χ4n) is 1.33. The summed E-state index contributed by atoms with van der Waals surface area (Å²) in [6, 6.07) is 0. The van der Waals surface area contributed by atoms with Crippen LogP contribution in [0, 0.1) is 11.8 Å². The Labute approximate surface area is 81.7 Å².